The van der Waals surface area contributed by atoms with Gasteiger partial charge in [0.1, 0.15) is 0 Å². The molecule has 1 amide bonds. The minimum atomic E-state index is -0.627. The molecule has 0 aliphatic heterocycles. The minimum Gasteiger partial charge on any atom is -0.399 e. The molecule has 4 N–H and O–H groups in total. The monoisotopic (exact) mass is 112 g/mol. The molecule has 0 aliphatic rings. The number of nitrogens with two attached hydrogens (primary N) is 2. The maximum atomic E-state index is 10.1. The summed E-state index contributed by atoms with van der Waals surface area (Å²) in [6.45, 7) is 6.51. The SMILES string of the molecule is C=C(N)C(=C)C(N)=O. The zero-order valence-corrected chi connectivity index (χ0v) is 4.48. The average molecular weight is 112 g/mol. The smallest absolute Gasteiger partial charge is 0.250 e. The second-order valence-electron chi connectivity index (χ2n) is 1.37. The highest BCUT2D eigenvalue weighted by Crippen LogP contribution is 1.93. The van der Waals surface area contributed by atoms with Gasteiger partial charge in [0.05, 0.1) is 5.57 Å². The Morgan fingerprint density at radius 3 is 1.62 bits per heavy atom. The molecule has 3 nitrogen and oxygen atoms in total. The van der Waals surface area contributed by atoms with Crippen molar-refractivity contribution in [1.29, 1.82) is 0 Å². The molecule has 0 aromatic rings. The van der Waals surface area contributed by atoms with E-state index in [9.17, 15) is 4.79 Å². The highest BCUT2D eigenvalue weighted by Gasteiger charge is 1.99. The molecule has 44 valence electrons. The number of hydrogen-bond donors (Lipinski definition) is 2. The fraction of sp³-hybridized carbons (Fsp3) is 0. The molecule has 0 aromatic heterocycles. The molecule has 0 spiro atoms. The van der Waals surface area contributed by atoms with Crippen LogP contribution in [0.1, 0.15) is 0 Å². The summed E-state index contributed by atoms with van der Waals surface area (Å²) in [6, 6.07) is 0. The first-order valence-electron chi connectivity index (χ1n) is 1.99. The number of carbonyl (C=O) groups excluding carboxylic acids is 1. The molecule has 0 atom stereocenters. The van der Waals surface area contributed by atoms with Gasteiger partial charge in [0.25, 0.3) is 0 Å². The van der Waals surface area contributed by atoms with Crippen LogP contribution in [0.15, 0.2) is 24.4 Å². The standard InChI is InChI=1S/C5H8N2O/c1-3(4(2)6)5(7)8/h1-2,6H2,(H2,7,8). The summed E-state index contributed by atoms with van der Waals surface area (Å²) in [5.41, 5.74) is 10.00. The molecule has 8 heavy (non-hydrogen) atoms. The number of primary amides is 1. The van der Waals surface area contributed by atoms with Gasteiger partial charge in [0, 0.05) is 5.70 Å². The molecule has 0 bridgehead atoms. The van der Waals surface area contributed by atoms with Crippen molar-refractivity contribution in [1.82, 2.24) is 0 Å². The van der Waals surface area contributed by atoms with E-state index in [0.29, 0.717) is 0 Å². The molecule has 3 heteroatoms. The summed E-state index contributed by atoms with van der Waals surface area (Å²) < 4.78 is 0. The summed E-state index contributed by atoms with van der Waals surface area (Å²) >= 11 is 0. The Morgan fingerprint density at radius 2 is 1.62 bits per heavy atom. The third-order valence-corrected chi connectivity index (χ3v) is 0.685. The molecule has 0 heterocycles. The van der Waals surface area contributed by atoms with Crippen molar-refractivity contribution in [3.8, 4) is 0 Å². The second-order valence-corrected chi connectivity index (χ2v) is 1.37. The quantitative estimate of drug-likeness (QED) is 0.373. The van der Waals surface area contributed by atoms with Crippen molar-refractivity contribution in [2.45, 2.75) is 0 Å². The molecular weight excluding hydrogens is 104 g/mol. The van der Waals surface area contributed by atoms with Gasteiger partial charge < -0.3 is 11.5 Å². The van der Waals surface area contributed by atoms with E-state index in [1.807, 2.05) is 0 Å². The predicted molar refractivity (Wildman–Crippen MR) is 31.7 cm³/mol. The van der Waals surface area contributed by atoms with Crippen LogP contribution in [-0.2, 0) is 4.79 Å². The molecule has 0 unspecified atom stereocenters. The van der Waals surface area contributed by atoms with Gasteiger partial charge in [0.2, 0.25) is 5.91 Å². The summed E-state index contributed by atoms with van der Waals surface area (Å²) in [7, 11) is 0. The van der Waals surface area contributed by atoms with E-state index in [1.54, 1.807) is 0 Å². The summed E-state index contributed by atoms with van der Waals surface area (Å²) in [5, 5.41) is 0. The normalized spacial score (nSPS) is 8.00. The number of amides is 1. The van der Waals surface area contributed by atoms with Crippen molar-refractivity contribution in [3.63, 3.8) is 0 Å². The third kappa shape index (κ3) is 1.47. The van der Waals surface area contributed by atoms with Crippen LogP contribution < -0.4 is 11.5 Å². The summed E-state index contributed by atoms with van der Waals surface area (Å²) in [4.78, 5) is 10.1. The molecular formula is C5H8N2O. The van der Waals surface area contributed by atoms with Gasteiger partial charge in [0.15, 0.2) is 0 Å². The van der Waals surface area contributed by atoms with Crippen LogP contribution in [0.4, 0.5) is 0 Å². The van der Waals surface area contributed by atoms with Crippen LogP contribution in [0.25, 0.3) is 0 Å². The molecule has 0 aromatic carbocycles. The Bertz CT molecular complexity index is 133. The number of rotatable bonds is 2. The average Bonchev–Trinajstić information content (AvgIpc) is 1.64. The Morgan fingerprint density at radius 1 is 1.25 bits per heavy atom. The molecule has 0 aliphatic carbocycles. The van der Waals surface area contributed by atoms with Crippen LogP contribution in [0.3, 0.4) is 0 Å². The highest BCUT2D eigenvalue weighted by atomic mass is 16.1. The zero-order chi connectivity index (χ0) is 6.73. The Balaban J connectivity index is 4.05. The fourth-order valence-electron chi connectivity index (χ4n) is 0.158. The van der Waals surface area contributed by atoms with E-state index in [-0.39, 0.29) is 11.3 Å². The fourth-order valence-corrected chi connectivity index (χ4v) is 0.158. The van der Waals surface area contributed by atoms with Crippen LogP contribution in [-0.4, -0.2) is 5.91 Å². The maximum Gasteiger partial charge on any atom is 0.250 e. The Hall–Kier alpha value is -1.25. The van der Waals surface area contributed by atoms with Crippen LogP contribution >= 0.6 is 0 Å². The van der Waals surface area contributed by atoms with E-state index in [1.165, 1.54) is 0 Å². The third-order valence-electron chi connectivity index (χ3n) is 0.685. The van der Waals surface area contributed by atoms with Crippen LogP contribution in [0.5, 0.6) is 0 Å². The maximum absolute atomic E-state index is 10.1. The molecule has 0 saturated carbocycles. The number of hydrogen-bond acceptors (Lipinski definition) is 2. The van der Waals surface area contributed by atoms with Gasteiger partial charge >= 0.3 is 0 Å². The summed E-state index contributed by atoms with van der Waals surface area (Å²) in [5.74, 6) is -0.627. The topological polar surface area (TPSA) is 69.1 Å². The van der Waals surface area contributed by atoms with Gasteiger partial charge in [-0.25, -0.2) is 0 Å². The number of carbonyl (C=O) groups is 1. The van der Waals surface area contributed by atoms with E-state index in [2.05, 4.69) is 13.2 Å². The Labute approximate surface area is 47.7 Å². The van der Waals surface area contributed by atoms with E-state index in [4.69, 9.17) is 11.5 Å². The van der Waals surface area contributed by atoms with Crippen molar-refractivity contribution < 1.29 is 4.79 Å². The second kappa shape index (κ2) is 2.16. The van der Waals surface area contributed by atoms with Gasteiger partial charge in [-0.2, -0.15) is 0 Å². The van der Waals surface area contributed by atoms with Gasteiger partial charge in [-0.05, 0) is 0 Å². The van der Waals surface area contributed by atoms with Crippen molar-refractivity contribution in [3.05, 3.63) is 24.4 Å². The first kappa shape index (κ1) is 6.75. The van der Waals surface area contributed by atoms with Gasteiger partial charge in [-0.15, -0.1) is 0 Å². The first-order chi connectivity index (χ1) is 3.55. The first-order valence-corrected chi connectivity index (χ1v) is 1.99. The van der Waals surface area contributed by atoms with E-state index >= 15 is 0 Å². The molecule has 0 radical (unpaired) electrons. The summed E-state index contributed by atoms with van der Waals surface area (Å²) in [6.07, 6.45) is 0. The van der Waals surface area contributed by atoms with Crippen LogP contribution in [0.2, 0.25) is 0 Å². The van der Waals surface area contributed by atoms with E-state index < -0.39 is 5.91 Å². The largest absolute Gasteiger partial charge is 0.399 e. The van der Waals surface area contributed by atoms with Gasteiger partial charge in [-0.1, -0.05) is 13.2 Å². The predicted octanol–water partition coefficient (Wildman–Crippen LogP) is -0.500. The zero-order valence-electron chi connectivity index (χ0n) is 4.48. The highest BCUT2D eigenvalue weighted by molar-refractivity contribution is 5.95. The van der Waals surface area contributed by atoms with Gasteiger partial charge in [-0.3, -0.25) is 4.79 Å². The van der Waals surface area contributed by atoms with E-state index in [0.717, 1.165) is 0 Å². The molecule has 0 fully saturated rings. The minimum absolute atomic E-state index is 0.0741. The molecule has 0 saturated heterocycles. The van der Waals surface area contributed by atoms with Crippen molar-refractivity contribution in [2.75, 3.05) is 0 Å². The Kier molecular flexibility index (Phi) is 1.82. The van der Waals surface area contributed by atoms with Crippen LogP contribution in [0, 0.1) is 0 Å². The van der Waals surface area contributed by atoms with Crippen molar-refractivity contribution >= 4 is 5.91 Å². The van der Waals surface area contributed by atoms with Crippen molar-refractivity contribution in [2.24, 2.45) is 11.5 Å². The lowest BCUT2D eigenvalue weighted by Crippen LogP contribution is -2.17. The lowest BCUT2D eigenvalue weighted by atomic mass is 10.2. The lowest BCUT2D eigenvalue weighted by molar-refractivity contribution is -0.114. The molecule has 0 rings (SSSR count). The lowest BCUT2D eigenvalue weighted by Gasteiger charge is -1.94.